The van der Waals surface area contributed by atoms with Crippen LogP contribution in [-0.2, 0) is 20.1 Å². The van der Waals surface area contributed by atoms with Crippen LogP contribution in [0.3, 0.4) is 0 Å². The minimum atomic E-state index is 0.698. The topological polar surface area (TPSA) is 53.5 Å². The van der Waals surface area contributed by atoms with E-state index in [0.717, 1.165) is 41.9 Å². The van der Waals surface area contributed by atoms with Crippen molar-refractivity contribution in [2.24, 2.45) is 7.05 Å². The summed E-state index contributed by atoms with van der Waals surface area (Å²) in [6.07, 6.45) is 10.4. The molecular formula is C17H17ClN6. The normalized spacial score (nSPS) is 11.4. The Morgan fingerprint density at radius 3 is 2.88 bits per heavy atom. The second-order valence-corrected chi connectivity index (χ2v) is 6.11. The average molecular weight is 341 g/mol. The van der Waals surface area contributed by atoms with Gasteiger partial charge in [0.2, 0.25) is 0 Å². The van der Waals surface area contributed by atoms with E-state index in [1.807, 2.05) is 54.8 Å². The van der Waals surface area contributed by atoms with Crippen LogP contribution in [0.15, 0.2) is 49.3 Å². The Labute approximate surface area is 144 Å². The molecule has 0 saturated heterocycles. The lowest BCUT2D eigenvalue weighted by Crippen LogP contribution is -2.04. The van der Waals surface area contributed by atoms with Crippen LogP contribution in [0.2, 0.25) is 5.02 Å². The van der Waals surface area contributed by atoms with E-state index in [0.29, 0.717) is 5.02 Å². The molecule has 0 aliphatic carbocycles. The molecule has 6 nitrogen and oxygen atoms in total. The van der Waals surface area contributed by atoms with Crippen molar-refractivity contribution in [1.29, 1.82) is 0 Å². The number of aromatic nitrogens is 6. The Bertz CT molecular complexity index is 966. The zero-order chi connectivity index (χ0) is 16.5. The number of hydrogen-bond acceptors (Lipinski definition) is 3. The molecule has 0 spiro atoms. The smallest absolute Gasteiger partial charge is 0.161 e. The second kappa shape index (κ2) is 6.13. The number of rotatable bonds is 5. The van der Waals surface area contributed by atoms with Crippen LogP contribution in [0.1, 0.15) is 6.42 Å². The van der Waals surface area contributed by atoms with Gasteiger partial charge >= 0.3 is 0 Å². The van der Waals surface area contributed by atoms with Gasteiger partial charge < -0.3 is 9.13 Å². The van der Waals surface area contributed by atoms with Gasteiger partial charge in [0.05, 0.1) is 16.9 Å². The van der Waals surface area contributed by atoms with Crippen molar-refractivity contribution in [3.8, 4) is 11.5 Å². The van der Waals surface area contributed by atoms with Crippen LogP contribution in [0.25, 0.3) is 22.4 Å². The number of aryl methyl sites for hydroxylation is 3. The molecule has 4 aromatic rings. The number of halogens is 1. The number of benzene rings is 1. The fourth-order valence-corrected chi connectivity index (χ4v) is 3.24. The van der Waals surface area contributed by atoms with Gasteiger partial charge in [-0.15, -0.1) is 0 Å². The molecule has 0 bridgehead atoms. The summed E-state index contributed by atoms with van der Waals surface area (Å²) in [5.74, 6) is 0.847. The van der Waals surface area contributed by atoms with Crippen molar-refractivity contribution < 1.29 is 0 Å². The molecule has 3 aromatic heterocycles. The molecule has 0 N–H and O–H groups in total. The molecule has 0 radical (unpaired) electrons. The first-order chi connectivity index (χ1) is 11.7. The van der Waals surface area contributed by atoms with E-state index in [1.54, 1.807) is 6.20 Å². The number of nitrogens with zero attached hydrogens (tertiary/aromatic N) is 6. The van der Waals surface area contributed by atoms with E-state index in [1.165, 1.54) is 0 Å². The highest BCUT2D eigenvalue weighted by molar-refractivity contribution is 6.36. The summed E-state index contributed by atoms with van der Waals surface area (Å²) < 4.78 is 6.05. The number of hydrogen-bond donors (Lipinski definition) is 0. The summed E-state index contributed by atoms with van der Waals surface area (Å²) in [6, 6.07) is 5.85. The zero-order valence-electron chi connectivity index (χ0n) is 13.3. The molecule has 122 valence electrons. The van der Waals surface area contributed by atoms with Gasteiger partial charge in [0.25, 0.3) is 0 Å². The Balaban J connectivity index is 1.65. The van der Waals surface area contributed by atoms with Crippen molar-refractivity contribution >= 4 is 22.5 Å². The Morgan fingerprint density at radius 2 is 2.04 bits per heavy atom. The van der Waals surface area contributed by atoms with Crippen LogP contribution in [-0.4, -0.2) is 28.9 Å². The fourth-order valence-electron chi connectivity index (χ4n) is 2.98. The van der Waals surface area contributed by atoms with E-state index in [-0.39, 0.29) is 0 Å². The van der Waals surface area contributed by atoms with Crippen molar-refractivity contribution in [3.63, 3.8) is 0 Å². The quantitative estimate of drug-likeness (QED) is 0.559. The molecule has 0 amide bonds. The van der Waals surface area contributed by atoms with Crippen molar-refractivity contribution in [2.45, 2.75) is 19.5 Å². The van der Waals surface area contributed by atoms with Crippen LogP contribution in [0, 0.1) is 0 Å². The first-order valence-corrected chi connectivity index (χ1v) is 8.20. The molecule has 0 saturated carbocycles. The van der Waals surface area contributed by atoms with E-state index in [9.17, 15) is 0 Å². The van der Waals surface area contributed by atoms with Gasteiger partial charge in [-0.3, -0.25) is 4.68 Å². The van der Waals surface area contributed by atoms with Crippen molar-refractivity contribution in [3.05, 3.63) is 54.3 Å². The van der Waals surface area contributed by atoms with Gasteiger partial charge in [0, 0.05) is 50.3 Å². The molecule has 0 unspecified atom stereocenters. The molecule has 0 fully saturated rings. The first kappa shape index (κ1) is 15.0. The van der Waals surface area contributed by atoms with E-state index < -0.39 is 0 Å². The standard InChI is InChI=1S/C17H17ClN6/c1-22-14-5-2-4-13(18)15(14)16(21-22)17-20-7-11-24(17)9-3-8-23-10-6-19-12-23/h2,4-7,10-12H,3,8-9H2,1H3. The van der Waals surface area contributed by atoms with Gasteiger partial charge in [0.15, 0.2) is 5.82 Å². The number of fused-ring (bicyclic) bond motifs is 1. The molecule has 3 heterocycles. The molecule has 1 aromatic carbocycles. The first-order valence-electron chi connectivity index (χ1n) is 7.82. The van der Waals surface area contributed by atoms with Gasteiger partial charge in [-0.1, -0.05) is 17.7 Å². The van der Waals surface area contributed by atoms with Gasteiger partial charge in [-0.25, -0.2) is 9.97 Å². The van der Waals surface area contributed by atoms with Crippen LogP contribution in [0.5, 0.6) is 0 Å². The molecule has 0 aliphatic heterocycles. The lowest BCUT2D eigenvalue weighted by molar-refractivity contribution is 0.565. The predicted molar refractivity (Wildman–Crippen MR) is 93.8 cm³/mol. The summed E-state index contributed by atoms with van der Waals surface area (Å²) in [6.45, 7) is 1.78. The van der Waals surface area contributed by atoms with E-state index >= 15 is 0 Å². The average Bonchev–Trinajstić information content (AvgIpc) is 3.29. The van der Waals surface area contributed by atoms with Gasteiger partial charge in [-0.2, -0.15) is 5.10 Å². The summed E-state index contributed by atoms with van der Waals surface area (Å²) >= 11 is 6.42. The monoisotopic (exact) mass is 340 g/mol. The molecule has 7 heteroatoms. The Kier molecular flexibility index (Phi) is 3.82. The summed E-state index contributed by atoms with van der Waals surface area (Å²) in [4.78, 5) is 8.58. The molecule has 0 atom stereocenters. The Morgan fingerprint density at radius 1 is 1.12 bits per heavy atom. The molecular weight excluding hydrogens is 324 g/mol. The van der Waals surface area contributed by atoms with Crippen LogP contribution >= 0.6 is 11.6 Å². The van der Waals surface area contributed by atoms with E-state index in [2.05, 4.69) is 24.2 Å². The summed E-state index contributed by atoms with van der Waals surface area (Å²) in [5.41, 5.74) is 1.83. The minimum Gasteiger partial charge on any atom is -0.337 e. The maximum Gasteiger partial charge on any atom is 0.161 e. The fraction of sp³-hybridized carbons (Fsp3) is 0.235. The predicted octanol–water partition coefficient (Wildman–Crippen LogP) is 3.38. The minimum absolute atomic E-state index is 0.698. The highest BCUT2D eigenvalue weighted by Crippen LogP contribution is 2.32. The number of imidazole rings is 2. The highest BCUT2D eigenvalue weighted by Gasteiger charge is 2.17. The van der Waals surface area contributed by atoms with Crippen molar-refractivity contribution in [1.82, 2.24) is 28.9 Å². The van der Waals surface area contributed by atoms with Crippen molar-refractivity contribution in [2.75, 3.05) is 0 Å². The molecule has 4 rings (SSSR count). The zero-order valence-corrected chi connectivity index (χ0v) is 14.1. The largest absolute Gasteiger partial charge is 0.337 e. The highest BCUT2D eigenvalue weighted by atomic mass is 35.5. The summed E-state index contributed by atoms with van der Waals surface area (Å²) in [5, 5.41) is 6.29. The second-order valence-electron chi connectivity index (χ2n) is 5.70. The van der Waals surface area contributed by atoms with Gasteiger partial charge in [-0.05, 0) is 18.6 Å². The maximum atomic E-state index is 6.42. The SMILES string of the molecule is Cn1nc(-c2nccn2CCCn2ccnc2)c2c(Cl)cccc21. The summed E-state index contributed by atoms with van der Waals surface area (Å²) in [7, 11) is 1.93. The van der Waals surface area contributed by atoms with Crippen LogP contribution in [0.4, 0.5) is 0 Å². The van der Waals surface area contributed by atoms with Crippen LogP contribution < -0.4 is 0 Å². The van der Waals surface area contributed by atoms with Gasteiger partial charge in [0.1, 0.15) is 5.69 Å². The third-order valence-electron chi connectivity index (χ3n) is 4.13. The third-order valence-corrected chi connectivity index (χ3v) is 4.44. The molecule has 24 heavy (non-hydrogen) atoms. The Hall–Kier alpha value is -2.60. The lowest BCUT2D eigenvalue weighted by atomic mass is 10.2. The maximum absolute atomic E-state index is 6.42. The van der Waals surface area contributed by atoms with E-state index in [4.69, 9.17) is 11.6 Å². The lowest BCUT2D eigenvalue weighted by Gasteiger charge is -2.07. The molecule has 0 aliphatic rings. The third kappa shape index (κ3) is 2.59.